The van der Waals surface area contributed by atoms with Gasteiger partial charge in [-0.05, 0) is 33.3 Å². The van der Waals surface area contributed by atoms with Crippen molar-refractivity contribution < 1.29 is 4.79 Å². The van der Waals surface area contributed by atoms with Crippen molar-refractivity contribution in [2.45, 2.75) is 40.2 Å². The zero-order valence-corrected chi connectivity index (χ0v) is 14.7. The number of hydrogen-bond acceptors (Lipinski definition) is 4. The lowest BCUT2D eigenvalue weighted by molar-refractivity contribution is 0.102. The van der Waals surface area contributed by atoms with E-state index in [-0.39, 0.29) is 11.9 Å². The zero-order chi connectivity index (χ0) is 17.4. The maximum atomic E-state index is 12.9. The number of anilines is 1. The minimum absolute atomic E-state index is 0.174. The van der Waals surface area contributed by atoms with Crippen LogP contribution in [0, 0.1) is 13.8 Å². The highest BCUT2D eigenvalue weighted by atomic mass is 16.1. The Balaban J connectivity index is 2.03. The van der Waals surface area contributed by atoms with Gasteiger partial charge >= 0.3 is 0 Å². The van der Waals surface area contributed by atoms with Crippen LogP contribution in [-0.4, -0.2) is 30.5 Å². The molecule has 0 aliphatic heterocycles. The molecule has 3 aromatic rings. The molecular weight excluding hydrogens is 304 g/mol. The van der Waals surface area contributed by atoms with E-state index in [1.807, 2.05) is 31.6 Å². The normalized spacial score (nSPS) is 12.5. The number of rotatable bonds is 4. The monoisotopic (exact) mass is 326 g/mol. The first-order valence-corrected chi connectivity index (χ1v) is 8.08. The van der Waals surface area contributed by atoms with Crippen LogP contribution in [0.2, 0.25) is 0 Å². The van der Waals surface area contributed by atoms with Crippen LogP contribution in [-0.2, 0) is 7.05 Å². The molecule has 7 nitrogen and oxygen atoms in total. The molecule has 7 heteroatoms. The lowest BCUT2D eigenvalue weighted by Crippen LogP contribution is -2.18. The van der Waals surface area contributed by atoms with Gasteiger partial charge in [0.25, 0.3) is 5.91 Å². The van der Waals surface area contributed by atoms with Gasteiger partial charge < -0.3 is 5.32 Å². The molecule has 1 atom stereocenters. The van der Waals surface area contributed by atoms with Gasteiger partial charge in [0, 0.05) is 18.8 Å². The summed E-state index contributed by atoms with van der Waals surface area (Å²) in [6, 6.07) is 3.83. The Morgan fingerprint density at radius 3 is 2.83 bits per heavy atom. The van der Waals surface area contributed by atoms with Crippen molar-refractivity contribution in [2.75, 3.05) is 5.32 Å². The average Bonchev–Trinajstić information content (AvgIpc) is 3.11. The van der Waals surface area contributed by atoms with Crippen molar-refractivity contribution >= 4 is 22.8 Å². The van der Waals surface area contributed by atoms with Crippen LogP contribution >= 0.6 is 0 Å². The van der Waals surface area contributed by atoms with Crippen molar-refractivity contribution in [3.05, 3.63) is 35.3 Å². The van der Waals surface area contributed by atoms with Gasteiger partial charge in [0.1, 0.15) is 5.82 Å². The fourth-order valence-electron chi connectivity index (χ4n) is 2.87. The molecule has 0 fully saturated rings. The number of amides is 1. The van der Waals surface area contributed by atoms with Gasteiger partial charge in [-0.25, -0.2) is 9.67 Å². The highest BCUT2D eigenvalue weighted by Gasteiger charge is 2.19. The molecule has 1 unspecified atom stereocenters. The first kappa shape index (κ1) is 16.2. The molecule has 1 N–H and O–H groups in total. The Bertz CT molecular complexity index is 907. The number of nitrogens with one attached hydrogen (secondary N) is 1. The van der Waals surface area contributed by atoms with Crippen molar-refractivity contribution in [3.8, 4) is 0 Å². The summed E-state index contributed by atoms with van der Waals surface area (Å²) in [6.45, 7) is 7.93. The number of aromatic nitrogens is 5. The largest absolute Gasteiger partial charge is 0.307 e. The fraction of sp³-hybridized carbons (Fsp3) is 0.412. The fourth-order valence-corrected chi connectivity index (χ4v) is 2.87. The zero-order valence-electron chi connectivity index (χ0n) is 14.7. The van der Waals surface area contributed by atoms with Crippen LogP contribution in [0.3, 0.4) is 0 Å². The molecule has 0 spiro atoms. The lowest BCUT2D eigenvalue weighted by Gasteiger charge is -2.14. The van der Waals surface area contributed by atoms with E-state index >= 15 is 0 Å². The van der Waals surface area contributed by atoms with Crippen LogP contribution in [0.5, 0.6) is 0 Å². The van der Waals surface area contributed by atoms with Crippen LogP contribution in [0.4, 0.5) is 5.82 Å². The Labute approximate surface area is 140 Å². The van der Waals surface area contributed by atoms with E-state index in [1.54, 1.807) is 16.9 Å². The molecule has 0 saturated carbocycles. The first-order valence-electron chi connectivity index (χ1n) is 8.08. The van der Waals surface area contributed by atoms with Gasteiger partial charge in [-0.15, -0.1) is 0 Å². The van der Waals surface area contributed by atoms with E-state index in [0.717, 1.165) is 23.2 Å². The summed E-state index contributed by atoms with van der Waals surface area (Å²) in [4.78, 5) is 17.4. The minimum Gasteiger partial charge on any atom is -0.307 e. The summed E-state index contributed by atoms with van der Waals surface area (Å²) in [5, 5.41) is 12.5. The third-order valence-corrected chi connectivity index (χ3v) is 4.26. The SMILES string of the molecule is CCC(C)n1nccc1NC(=O)c1cc(C)nc2c1c(C)nn2C. The predicted octanol–water partition coefficient (Wildman–Crippen LogP) is 3.00. The second kappa shape index (κ2) is 6.07. The minimum atomic E-state index is -0.174. The quantitative estimate of drug-likeness (QED) is 0.799. The smallest absolute Gasteiger partial charge is 0.257 e. The van der Waals surface area contributed by atoms with Crippen molar-refractivity contribution in [2.24, 2.45) is 7.05 Å². The Hall–Kier alpha value is -2.70. The van der Waals surface area contributed by atoms with Crippen LogP contribution in [0.1, 0.15) is 48.1 Å². The molecule has 3 rings (SSSR count). The van der Waals surface area contributed by atoms with E-state index in [4.69, 9.17) is 0 Å². The number of hydrogen-bond donors (Lipinski definition) is 1. The van der Waals surface area contributed by atoms with Gasteiger partial charge in [0.05, 0.1) is 28.9 Å². The molecular formula is C17H22N6O. The highest BCUT2D eigenvalue weighted by Crippen LogP contribution is 2.23. The molecule has 0 aromatic carbocycles. The van der Waals surface area contributed by atoms with Gasteiger partial charge in [0.15, 0.2) is 5.65 Å². The molecule has 126 valence electrons. The van der Waals surface area contributed by atoms with E-state index in [0.29, 0.717) is 17.0 Å². The lowest BCUT2D eigenvalue weighted by atomic mass is 10.1. The maximum Gasteiger partial charge on any atom is 0.257 e. The predicted molar refractivity (Wildman–Crippen MR) is 93.2 cm³/mol. The molecule has 0 saturated heterocycles. The van der Waals surface area contributed by atoms with Gasteiger partial charge in [0.2, 0.25) is 0 Å². The second-order valence-electron chi connectivity index (χ2n) is 6.09. The van der Waals surface area contributed by atoms with Crippen molar-refractivity contribution in [1.29, 1.82) is 0 Å². The molecule has 3 heterocycles. The number of pyridine rings is 1. The van der Waals surface area contributed by atoms with E-state index in [2.05, 4.69) is 34.3 Å². The number of nitrogens with zero attached hydrogens (tertiary/aromatic N) is 5. The summed E-state index contributed by atoms with van der Waals surface area (Å²) in [5.74, 6) is 0.519. The summed E-state index contributed by atoms with van der Waals surface area (Å²) in [6.07, 6.45) is 2.63. The molecule has 0 aliphatic carbocycles. The summed E-state index contributed by atoms with van der Waals surface area (Å²) in [5.41, 5.74) is 2.87. The van der Waals surface area contributed by atoms with Gasteiger partial charge in [-0.1, -0.05) is 6.92 Å². The Morgan fingerprint density at radius 2 is 2.12 bits per heavy atom. The maximum absolute atomic E-state index is 12.9. The van der Waals surface area contributed by atoms with Crippen LogP contribution in [0.25, 0.3) is 11.0 Å². The van der Waals surface area contributed by atoms with Gasteiger partial charge in [-0.2, -0.15) is 10.2 Å². The number of aryl methyl sites for hydroxylation is 3. The molecule has 1 amide bonds. The summed E-state index contributed by atoms with van der Waals surface area (Å²) < 4.78 is 3.54. The third kappa shape index (κ3) is 2.66. The van der Waals surface area contributed by atoms with Crippen molar-refractivity contribution in [1.82, 2.24) is 24.5 Å². The summed E-state index contributed by atoms with van der Waals surface area (Å²) >= 11 is 0. The summed E-state index contributed by atoms with van der Waals surface area (Å²) in [7, 11) is 1.83. The highest BCUT2D eigenvalue weighted by molar-refractivity contribution is 6.12. The Kier molecular flexibility index (Phi) is 4.09. The average molecular weight is 326 g/mol. The number of fused-ring (bicyclic) bond motifs is 1. The second-order valence-corrected chi connectivity index (χ2v) is 6.09. The Morgan fingerprint density at radius 1 is 1.38 bits per heavy atom. The molecule has 0 radical (unpaired) electrons. The van der Waals surface area contributed by atoms with E-state index in [9.17, 15) is 4.79 Å². The van der Waals surface area contributed by atoms with E-state index in [1.165, 1.54) is 0 Å². The van der Waals surface area contributed by atoms with Crippen LogP contribution < -0.4 is 5.32 Å². The van der Waals surface area contributed by atoms with E-state index < -0.39 is 0 Å². The number of carbonyl (C=O) groups excluding carboxylic acids is 1. The molecule has 24 heavy (non-hydrogen) atoms. The van der Waals surface area contributed by atoms with Gasteiger partial charge in [-0.3, -0.25) is 9.48 Å². The van der Waals surface area contributed by atoms with Crippen LogP contribution in [0.15, 0.2) is 18.3 Å². The molecule has 3 aromatic heterocycles. The van der Waals surface area contributed by atoms with Crippen molar-refractivity contribution in [3.63, 3.8) is 0 Å². The third-order valence-electron chi connectivity index (χ3n) is 4.26. The number of carbonyl (C=O) groups is 1. The standard InChI is InChI=1S/C17H22N6O/c1-6-11(3)23-14(7-8-18-23)20-17(24)13-9-10(2)19-16-15(13)12(4)21-22(16)5/h7-9,11H,6H2,1-5H3,(H,20,24). The molecule has 0 aliphatic rings. The topological polar surface area (TPSA) is 77.6 Å². The first-order chi connectivity index (χ1) is 11.4. The molecule has 0 bridgehead atoms.